The number of amides is 2. The van der Waals surface area contributed by atoms with Gasteiger partial charge in [-0.2, -0.15) is 0 Å². The maximum Gasteiger partial charge on any atom is 0.312 e. The van der Waals surface area contributed by atoms with Crippen LogP contribution >= 0.6 is 0 Å². The maximum atomic E-state index is 13.3. The fraction of sp³-hybridized carbons (Fsp3) is 0.278. The van der Waals surface area contributed by atoms with E-state index in [9.17, 15) is 17.6 Å². The summed E-state index contributed by atoms with van der Waals surface area (Å²) < 4.78 is 40.6. The molecule has 0 aliphatic heterocycles. The number of aryl methyl sites for hydroxylation is 1. The van der Waals surface area contributed by atoms with Crippen LogP contribution in [0.15, 0.2) is 47.4 Å². The fourth-order valence-electron chi connectivity index (χ4n) is 3.26. The van der Waals surface area contributed by atoms with Crippen molar-refractivity contribution in [2.45, 2.75) is 30.1 Å². The SMILES string of the molecule is NC(=O)NCC1CCCc2cc(NS(=O)(=O)c3cccc(F)c3)ccc21. The summed E-state index contributed by atoms with van der Waals surface area (Å²) in [6.45, 7) is 0.455. The molecule has 8 heteroatoms. The summed E-state index contributed by atoms with van der Waals surface area (Å²) >= 11 is 0. The van der Waals surface area contributed by atoms with Gasteiger partial charge in [0, 0.05) is 18.2 Å². The van der Waals surface area contributed by atoms with Crippen molar-refractivity contribution < 1.29 is 17.6 Å². The molecule has 1 aliphatic rings. The van der Waals surface area contributed by atoms with Crippen LogP contribution in [0.4, 0.5) is 14.9 Å². The van der Waals surface area contributed by atoms with Crippen molar-refractivity contribution in [1.82, 2.24) is 5.32 Å². The van der Waals surface area contributed by atoms with Gasteiger partial charge in [0.1, 0.15) is 5.82 Å². The van der Waals surface area contributed by atoms with Gasteiger partial charge >= 0.3 is 6.03 Å². The molecule has 0 fully saturated rings. The van der Waals surface area contributed by atoms with Crippen LogP contribution < -0.4 is 15.8 Å². The lowest BCUT2D eigenvalue weighted by Gasteiger charge is -2.26. The van der Waals surface area contributed by atoms with Gasteiger partial charge in [0.25, 0.3) is 10.0 Å². The number of hydrogen-bond acceptors (Lipinski definition) is 3. The zero-order valence-electron chi connectivity index (χ0n) is 14.0. The van der Waals surface area contributed by atoms with E-state index in [-0.39, 0.29) is 10.8 Å². The van der Waals surface area contributed by atoms with Gasteiger partial charge < -0.3 is 11.1 Å². The Morgan fingerprint density at radius 3 is 2.77 bits per heavy atom. The Morgan fingerprint density at radius 2 is 2.04 bits per heavy atom. The molecule has 1 atom stereocenters. The number of sulfonamides is 1. The first kappa shape index (κ1) is 18.2. The normalized spacial score (nSPS) is 16.6. The molecule has 1 unspecified atom stereocenters. The summed E-state index contributed by atoms with van der Waals surface area (Å²) in [5.41, 5.74) is 7.68. The molecule has 1 aliphatic carbocycles. The first-order chi connectivity index (χ1) is 12.3. The summed E-state index contributed by atoms with van der Waals surface area (Å²) in [7, 11) is -3.86. The van der Waals surface area contributed by atoms with Crippen molar-refractivity contribution in [2.75, 3.05) is 11.3 Å². The minimum atomic E-state index is -3.86. The Hall–Kier alpha value is -2.61. The number of carbonyl (C=O) groups excluding carboxylic acids is 1. The van der Waals surface area contributed by atoms with E-state index < -0.39 is 21.9 Å². The highest BCUT2D eigenvalue weighted by atomic mass is 32.2. The van der Waals surface area contributed by atoms with Crippen LogP contribution in [0.3, 0.4) is 0 Å². The predicted molar refractivity (Wildman–Crippen MR) is 96.9 cm³/mol. The highest BCUT2D eigenvalue weighted by Gasteiger charge is 2.22. The second-order valence-corrected chi connectivity index (χ2v) is 7.99. The van der Waals surface area contributed by atoms with Gasteiger partial charge in [-0.3, -0.25) is 4.72 Å². The summed E-state index contributed by atoms with van der Waals surface area (Å²) in [4.78, 5) is 10.8. The van der Waals surface area contributed by atoms with Crippen LogP contribution in [0, 0.1) is 5.82 Å². The molecule has 6 nitrogen and oxygen atoms in total. The third-order valence-corrected chi connectivity index (χ3v) is 5.84. The number of nitrogens with one attached hydrogen (secondary N) is 2. The summed E-state index contributed by atoms with van der Waals surface area (Å²) in [5, 5.41) is 2.63. The van der Waals surface area contributed by atoms with E-state index >= 15 is 0 Å². The molecule has 0 radical (unpaired) electrons. The monoisotopic (exact) mass is 377 g/mol. The molecule has 0 bridgehead atoms. The van der Waals surface area contributed by atoms with E-state index in [2.05, 4.69) is 10.0 Å². The van der Waals surface area contributed by atoms with E-state index in [0.717, 1.165) is 36.5 Å². The highest BCUT2D eigenvalue weighted by Crippen LogP contribution is 2.33. The van der Waals surface area contributed by atoms with Crippen molar-refractivity contribution in [3.05, 3.63) is 59.4 Å². The number of halogens is 1. The molecule has 2 aromatic rings. The average Bonchev–Trinajstić information content (AvgIpc) is 2.59. The second-order valence-electron chi connectivity index (χ2n) is 6.31. The molecule has 3 rings (SSSR count). The Labute approximate surface area is 151 Å². The topological polar surface area (TPSA) is 101 Å². The smallest absolute Gasteiger partial charge is 0.312 e. The van der Waals surface area contributed by atoms with E-state index in [1.165, 1.54) is 18.2 Å². The van der Waals surface area contributed by atoms with Gasteiger partial charge in [-0.05, 0) is 60.7 Å². The molecular weight excluding hydrogens is 357 g/mol. The van der Waals surface area contributed by atoms with Crippen LogP contribution in [-0.2, 0) is 16.4 Å². The molecule has 0 aromatic heterocycles. The molecule has 0 saturated carbocycles. The molecule has 2 aromatic carbocycles. The Bertz CT molecular complexity index is 931. The lowest BCUT2D eigenvalue weighted by Crippen LogP contribution is -2.33. The third kappa shape index (κ3) is 4.13. The number of hydrogen-bond donors (Lipinski definition) is 3. The average molecular weight is 377 g/mol. The standard InChI is InChI=1S/C18H20FN3O3S/c19-14-5-2-6-16(10-14)26(24,25)22-15-7-8-17-12(9-15)3-1-4-13(17)11-21-18(20)23/h2,5-10,13,22H,1,3-4,11H2,(H3,20,21,23). The van der Waals surface area contributed by atoms with Gasteiger partial charge in [0.15, 0.2) is 0 Å². The van der Waals surface area contributed by atoms with Crippen molar-refractivity contribution in [2.24, 2.45) is 5.73 Å². The zero-order valence-corrected chi connectivity index (χ0v) is 14.9. The molecule has 0 spiro atoms. The number of benzene rings is 2. The van der Waals surface area contributed by atoms with E-state index in [1.54, 1.807) is 12.1 Å². The van der Waals surface area contributed by atoms with E-state index in [4.69, 9.17) is 5.73 Å². The van der Waals surface area contributed by atoms with E-state index in [0.29, 0.717) is 12.2 Å². The minimum Gasteiger partial charge on any atom is -0.352 e. The number of nitrogens with two attached hydrogens (primary N) is 1. The lowest BCUT2D eigenvalue weighted by atomic mass is 9.82. The van der Waals surface area contributed by atoms with Crippen LogP contribution in [0.25, 0.3) is 0 Å². The highest BCUT2D eigenvalue weighted by molar-refractivity contribution is 7.92. The minimum absolute atomic E-state index is 0.126. The number of primary amides is 1. The number of carbonyl (C=O) groups is 1. The molecule has 0 heterocycles. The Kier molecular flexibility index (Phi) is 5.13. The van der Waals surface area contributed by atoms with E-state index in [1.807, 2.05) is 6.07 Å². The number of urea groups is 1. The Morgan fingerprint density at radius 1 is 1.23 bits per heavy atom. The fourth-order valence-corrected chi connectivity index (χ4v) is 4.34. The summed E-state index contributed by atoms with van der Waals surface area (Å²) in [5.74, 6) is -0.455. The van der Waals surface area contributed by atoms with Crippen molar-refractivity contribution in [1.29, 1.82) is 0 Å². The first-order valence-corrected chi connectivity index (χ1v) is 9.78. The van der Waals surface area contributed by atoms with Gasteiger partial charge in [0.05, 0.1) is 4.90 Å². The number of fused-ring (bicyclic) bond motifs is 1. The lowest BCUT2D eigenvalue weighted by molar-refractivity contribution is 0.248. The molecule has 2 amide bonds. The van der Waals surface area contributed by atoms with Crippen molar-refractivity contribution in [3.63, 3.8) is 0 Å². The van der Waals surface area contributed by atoms with Crippen LogP contribution in [0.5, 0.6) is 0 Å². The van der Waals surface area contributed by atoms with Gasteiger partial charge in [0.2, 0.25) is 0 Å². The first-order valence-electron chi connectivity index (χ1n) is 8.30. The Balaban J connectivity index is 1.81. The van der Waals surface area contributed by atoms with Gasteiger partial charge in [-0.15, -0.1) is 0 Å². The zero-order chi connectivity index (χ0) is 18.7. The van der Waals surface area contributed by atoms with Gasteiger partial charge in [-0.25, -0.2) is 17.6 Å². The van der Waals surface area contributed by atoms with Crippen molar-refractivity contribution >= 4 is 21.7 Å². The van der Waals surface area contributed by atoms with Crippen LogP contribution in [0.2, 0.25) is 0 Å². The molecular formula is C18H20FN3O3S. The van der Waals surface area contributed by atoms with Crippen LogP contribution in [0.1, 0.15) is 29.9 Å². The molecule has 4 N–H and O–H groups in total. The number of anilines is 1. The summed E-state index contributed by atoms with van der Waals surface area (Å²) in [6, 6.07) is 9.65. The number of rotatable bonds is 5. The van der Waals surface area contributed by atoms with Crippen LogP contribution in [-0.4, -0.2) is 21.0 Å². The quantitative estimate of drug-likeness (QED) is 0.747. The molecule has 0 saturated heterocycles. The van der Waals surface area contributed by atoms with Gasteiger partial charge in [-0.1, -0.05) is 12.1 Å². The largest absolute Gasteiger partial charge is 0.352 e. The molecule has 26 heavy (non-hydrogen) atoms. The van der Waals surface area contributed by atoms with Crippen molar-refractivity contribution in [3.8, 4) is 0 Å². The molecule has 138 valence electrons. The maximum absolute atomic E-state index is 13.3. The third-order valence-electron chi connectivity index (χ3n) is 4.46. The summed E-state index contributed by atoms with van der Waals surface area (Å²) in [6.07, 6.45) is 2.71. The second kappa shape index (κ2) is 7.33. The predicted octanol–water partition coefficient (Wildman–Crippen LogP) is 2.71.